The van der Waals surface area contributed by atoms with Crippen molar-refractivity contribution in [3.63, 3.8) is 0 Å². The molecule has 0 radical (unpaired) electrons. The highest BCUT2D eigenvalue weighted by Crippen LogP contribution is 2.60. The van der Waals surface area contributed by atoms with Gasteiger partial charge in [-0.1, -0.05) is 0 Å². The van der Waals surface area contributed by atoms with Crippen molar-refractivity contribution in [1.82, 2.24) is 38.2 Å². The molecule has 0 bridgehead atoms. The maximum atomic E-state index is 15.8. The van der Waals surface area contributed by atoms with Crippen molar-refractivity contribution in [2.45, 2.75) is 124 Å². The molecule has 4 unspecified atom stereocenters. The summed E-state index contributed by atoms with van der Waals surface area (Å²) in [5.41, 5.74) is -4.27. The molecule has 20 atom stereocenters. The maximum Gasteiger partial charge on any atom is 0.530 e. The predicted octanol–water partition coefficient (Wildman–Crippen LogP) is 7.34. The number of alkyl halides is 4. The number of H-pyrrole nitrogens is 4. The second-order valence-corrected chi connectivity index (χ2v) is 33.9. The van der Waals surface area contributed by atoms with Crippen LogP contribution in [0.25, 0.3) is 0 Å². The first kappa shape index (κ1) is 85.2. The Morgan fingerprint density at radius 3 is 0.952 bits per heavy atom. The zero-order valence-electron chi connectivity index (χ0n) is 66.4. The van der Waals surface area contributed by atoms with Crippen LogP contribution in [0.3, 0.4) is 0 Å². The van der Waals surface area contributed by atoms with Crippen molar-refractivity contribution in [1.29, 1.82) is 0 Å². The summed E-state index contributed by atoms with van der Waals surface area (Å²) < 4.78 is 346. The number of aliphatic hydroxyl groups is 8. The van der Waals surface area contributed by atoms with Crippen molar-refractivity contribution in [3.8, 4) is 23.0 Å². The van der Waals surface area contributed by atoms with Crippen LogP contribution >= 0.6 is 80.2 Å². The number of aromatic nitrogens is 8. The van der Waals surface area contributed by atoms with Crippen molar-refractivity contribution >= 4 is 80.2 Å². The highest BCUT2D eigenvalue weighted by atomic mass is 32.1. The lowest BCUT2D eigenvalue weighted by Crippen LogP contribution is -2.43. The van der Waals surface area contributed by atoms with Crippen molar-refractivity contribution < 1.29 is 193 Å². The van der Waals surface area contributed by atoms with Crippen LogP contribution < -0.4 is 40.3 Å². The molecule has 4 fully saturated rings. The third-order valence-electron chi connectivity index (χ3n) is 17.7. The number of nitrogens with one attached hydrogen (secondary N) is 4. The van der Waals surface area contributed by atoms with Gasteiger partial charge in [0, 0.05) is 22.3 Å². The Kier molecular flexibility index (Phi) is 24.6. The quantitative estimate of drug-likeness (QED) is 0.0256. The van der Waals surface area contributed by atoms with E-state index in [9.17, 15) is 113 Å². The molecule has 672 valence electrons. The van der Waals surface area contributed by atoms with Gasteiger partial charge in [0.05, 0.1) is 59.4 Å². The first-order valence-corrected chi connectivity index (χ1v) is 41.4. The van der Waals surface area contributed by atoms with Gasteiger partial charge in [0.2, 0.25) is 23.3 Å². The summed E-state index contributed by atoms with van der Waals surface area (Å²) in [4.78, 5) is 52.7. The number of halogens is 12. The van der Waals surface area contributed by atoms with Crippen LogP contribution in [0.2, 0.25) is 0 Å². The van der Waals surface area contributed by atoms with Crippen molar-refractivity contribution in [2.75, 3.05) is 26.3 Å². The zero-order valence-corrected chi connectivity index (χ0v) is 67.2. The van der Waals surface area contributed by atoms with Gasteiger partial charge < -0.3 is 77.9 Å². The molecule has 4 saturated heterocycles. The van der Waals surface area contributed by atoms with Gasteiger partial charge in [-0.05, 0) is 122 Å². The minimum Gasteiger partial charge on any atom is -0.404 e. The molecule has 12 heterocycles. The van der Waals surface area contributed by atoms with E-state index in [4.69, 9.17) is 117 Å². The number of rotatable bonds is 16. The highest BCUT2D eigenvalue weighted by molar-refractivity contribution is 7.71. The molecule has 60 heteroatoms. The molecular weight excluding hydrogens is 1870 g/mol. The average Bonchev–Trinajstić information content (AvgIpc) is 1.55. The minimum absolute atomic E-state index is 0.00953. The van der Waals surface area contributed by atoms with Gasteiger partial charge in [-0.3, -0.25) is 93.6 Å². The SMILES string of the molecule is O=c1[nH]c(=S)n([C@@H]2O[C@](F)(COP3(=O)OCc4cc(F)ccc4O3)[C@@H](O)[C@H]2O)cc1F.[2H]C([2H])(OP1(=O)OCc2cc(F)ccc2O1)[C@@]1(F)O[C@@H](n2cc(F)c(=O)[nH]c2=S)[C@H](O)[C@@H]1O.[2H]C([2H])(OP1(=O)OCc2cc(F)ccc2O1)[C@@]1(F)O[C@@]([2H])(n2cc(F)c(=O)[nH]c2=S)[C@H](O)[C@@H]1O.[2H][C@@]1(n2cc(F)c(=O)[nH]c2=S)O[C@](F)(COP2(=O)OCc3cc(F)ccc3O2)[C@@H](O)[C@H]1O. The molecule has 0 saturated carbocycles. The van der Waals surface area contributed by atoms with Crippen LogP contribution in [0.15, 0.2) is 117 Å². The van der Waals surface area contributed by atoms with E-state index < -0.39 is 262 Å². The topological polar surface area (TPSA) is 529 Å². The summed E-state index contributed by atoms with van der Waals surface area (Å²) in [6.45, 7) is -12.2. The number of hydrogen-bond donors (Lipinski definition) is 12. The number of hydrogen-bond acceptors (Lipinski definition) is 36. The minimum atomic E-state index is -4.97. The second-order valence-electron chi connectivity index (χ2n) is 26.1. The summed E-state index contributed by atoms with van der Waals surface area (Å²) in [5.74, 6) is -23.2. The summed E-state index contributed by atoms with van der Waals surface area (Å²) in [7, 11) is -18.7. The number of ether oxygens (including phenoxy) is 4. The molecule has 8 aromatic rings. The van der Waals surface area contributed by atoms with Crippen LogP contribution in [-0.4, -0.2) is 178 Å². The molecule has 12 N–H and O–H groups in total. The van der Waals surface area contributed by atoms with Gasteiger partial charge in [0.25, 0.3) is 45.7 Å². The predicted molar refractivity (Wildman–Crippen MR) is 389 cm³/mol. The normalized spacial score (nSPS) is 34.6. The smallest absolute Gasteiger partial charge is 0.404 e. The van der Waals surface area contributed by atoms with E-state index in [2.05, 4.69) is 13.8 Å². The molecule has 16 rings (SSSR count). The van der Waals surface area contributed by atoms with E-state index in [1.165, 1.54) is 6.07 Å². The molecule has 8 aliphatic heterocycles. The van der Waals surface area contributed by atoms with Gasteiger partial charge in [0.1, 0.15) is 121 Å². The first-order chi connectivity index (χ1) is 60.3. The lowest BCUT2D eigenvalue weighted by molar-refractivity contribution is -0.205. The van der Waals surface area contributed by atoms with Gasteiger partial charge >= 0.3 is 31.3 Å². The summed E-state index contributed by atoms with van der Waals surface area (Å²) >= 11 is 19.2. The molecule has 40 nitrogen and oxygen atoms in total. The molecule has 4 aromatic heterocycles. The average molecular weight is 1940 g/mol. The van der Waals surface area contributed by atoms with Gasteiger partial charge in [-0.2, -0.15) is 17.6 Å². The third-order valence-corrected chi connectivity index (χ3v) is 23.9. The van der Waals surface area contributed by atoms with Gasteiger partial charge in [0.15, 0.2) is 43.9 Å². The lowest BCUT2D eigenvalue weighted by Gasteiger charge is -2.28. The lowest BCUT2D eigenvalue weighted by atomic mass is 10.1. The Bertz CT molecular complexity index is 6580. The Balaban J connectivity index is 0.000000148. The fraction of sp³-hybridized carbons (Fsp3) is 0.375. The van der Waals surface area contributed by atoms with Crippen LogP contribution in [-0.2, 0) is 99.8 Å². The Hall–Kier alpha value is -8.24. The number of aliphatic hydroxyl groups excluding tert-OH is 8. The van der Waals surface area contributed by atoms with E-state index in [1.54, 1.807) is 4.98 Å². The number of nitrogens with zero attached hydrogens (tertiary/aromatic N) is 4. The highest BCUT2D eigenvalue weighted by Gasteiger charge is 2.62. The fourth-order valence-electron chi connectivity index (χ4n) is 11.4. The fourth-order valence-corrected chi connectivity index (χ4v) is 17.1. The first-order valence-electron chi connectivity index (χ1n) is 36.9. The standard InChI is InChI=1S/4C16H14F3N2O8PS/c4*17-8-1-2-10-7(3-8)5-26-30(25,29-10)27-6-16(19)12(23)11(22)14(28-16)21-4-9(18)13(24)20-15(21)31/h4*1-4,11-12,14,22-23H,5-6H2,(H,20,24,31)/t4*11-,12+,14-,16-,30?/m1111/s1/i6D2,14D;14D;6D2;. The molecule has 0 spiro atoms. The number of benzene rings is 4. The third kappa shape index (κ3) is 19.6. The molecule has 4 aromatic carbocycles. The largest absolute Gasteiger partial charge is 0.530 e. The maximum absolute atomic E-state index is 15.8. The molecule has 0 aliphatic carbocycles. The van der Waals surface area contributed by atoms with E-state index in [0.717, 1.165) is 66.7 Å². The number of phosphoric acid groups is 4. The summed E-state index contributed by atoms with van der Waals surface area (Å²) in [6, 6.07) is 12.5. The van der Waals surface area contributed by atoms with Crippen molar-refractivity contribution in [3.05, 3.63) is 227 Å². The van der Waals surface area contributed by atoms with E-state index in [1.807, 2.05) is 15.0 Å². The number of phosphoric ester groups is 4. The second kappa shape index (κ2) is 35.8. The summed E-state index contributed by atoms with van der Waals surface area (Å²) in [5, 5.41) is 81.7. The molecule has 8 aliphatic rings. The Labute approximate surface area is 708 Å². The molecule has 124 heavy (non-hydrogen) atoms. The monoisotopic (exact) mass is 1930 g/mol. The van der Waals surface area contributed by atoms with E-state index >= 15 is 17.6 Å². The van der Waals surface area contributed by atoms with E-state index in [-0.39, 0.29) is 62.6 Å². The number of aromatic amines is 4. The molecular formula is C64H56F12N8O32P4S4. The zero-order chi connectivity index (χ0) is 95.6. The van der Waals surface area contributed by atoms with Crippen LogP contribution in [0.1, 0.15) is 55.3 Å². The number of fused-ring (bicyclic) bond motifs is 4. The molecule has 0 amide bonds. The van der Waals surface area contributed by atoms with E-state index in [0.29, 0.717) is 32.3 Å². The van der Waals surface area contributed by atoms with Gasteiger partial charge in [-0.15, -0.1) is 0 Å². The van der Waals surface area contributed by atoms with Gasteiger partial charge in [-0.25, -0.2) is 53.4 Å². The Morgan fingerprint density at radius 2 is 0.629 bits per heavy atom. The van der Waals surface area contributed by atoms with Crippen LogP contribution in [0.4, 0.5) is 52.7 Å². The summed E-state index contributed by atoms with van der Waals surface area (Å²) in [6.07, 6.45) is -27.7. The Morgan fingerprint density at radius 1 is 0.387 bits per heavy atom. The van der Waals surface area contributed by atoms with Crippen molar-refractivity contribution in [2.24, 2.45) is 0 Å². The van der Waals surface area contributed by atoms with Crippen LogP contribution in [0, 0.1) is 65.6 Å². The van der Waals surface area contributed by atoms with Crippen LogP contribution in [0.5, 0.6) is 23.0 Å².